The first-order valence-electron chi connectivity index (χ1n) is 25.3. The smallest absolute Gasteiger partial charge is 0.259 e. The maximum atomic E-state index is 7.54. The molecule has 2 heterocycles. The molecule has 2 aliphatic heterocycles. The highest BCUT2D eigenvalue weighted by Crippen LogP contribution is 2.37. The number of ether oxygens (including phenoxy) is 11. The van der Waals surface area contributed by atoms with Crippen LogP contribution in [0.1, 0.15) is 47.2 Å². The number of hydrogen-bond donors (Lipinski definition) is 0. The van der Waals surface area contributed by atoms with Gasteiger partial charge in [0.2, 0.25) is 0 Å². The Morgan fingerprint density at radius 1 is 0.411 bits per heavy atom. The van der Waals surface area contributed by atoms with Crippen molar-refractivity contribution in [1.82, 2.24) is 4.90 Å². The standard InChI is InChI=1S/C60H69NO11S/c1-4-61(5-2)60(73)69-43-51-52(64-37-45-26-14-7-15-27-45)54(66-39-47-30-18-9-19-31-47)56(67-40-48-32-20-10-21-33-48)59(71-51)72-55-53(65-38-46-28-16-8-17-29-46)50(42-63-36-44-24-12-6-13-25-44)70-58(62-3)57(55)68-41-49-34-22-11-23-35-49/h6-35,50-59H,4-5,36-43H2,1-3H3/t50-,51-,52-,53-,54+,55+,56-,57-,58+,59-/m1/s1. The van der Waals surface area contributed by atoms with Gasteiger partial charge in [0.1, 0.15) is 55.4 Å². The number of thiocarbonyl (C=S) groups is 1. The molecule has 2 fully saturated rings. The van der Waals surface area contributed by atoms with E-state index in [2.05, 4.69) is 0 Å². The van der Waals surface area contributed by atoms with Crippen molar-refractivity contribution in [2.45, 2.75) is 115 Å². The van der Waals surface area contributed by atoms with Gasteiger partial charge in [0.15, 0.2) is 12.6 Å². The minimum atomic E-state index is -1.13. The minimum Gasteiger partial charge on any atom is -0.468 e. The molecule has 0 radical (unpaired) electrons. The second kappa shape index (κ2) is 28.9. The lowest BCUT2D eigenvalue weighted by Crippen LogP contribution is -2.66. The van der Waals surface area contributed by atoms with Crippen molar-refractivity contribution >= 4 is 17.4 Å². The number of benzene rings is 6. The fraction of sp³-hybridized carbons (Fsp3) is 0.383. The van der Waals surface area contributed by atoms with Gasteiger partial charge in [-0.3, -0.25) is 0 Å². The van der Waals surface area contributed by atoms with Crippen LogP contribution in [0.15, 0.2) is 182 Å². The quantitative estimate of drug-likeness (QED) is 0.0482. The third kappa shape index (κ3) is 15.8. The molecule has 0 N–H and O–H groups in total. The summed E-state index contributed by atoms with van der Waals surface area (Å²) in [6.45, 7) is 7.15. The highest BCUT2D eigenvalue weighted by atomic mass is 32.1. The molecule has 0 bridgehead atoms. The Morgan fingerprint density at radius 3 is 1.14 bits per heavy atom. The van der Waals surface area contributed by atoms with Crippen LogP contribution in [0.25, 0.3) is 0 Å². The van der Waals surface area contributed by atoms with E-state index in [0.29, 0.717) is 24.9 Å². The van der Waals surface area contributed by atoms with Crippen LogP contribution in [0, 0.1) is 0 Å². The summed E-state index contributed by atoms with van der Waals surface area (Å²) in [5.41, 5.74) is 5.85. The average Bonchev–Trinajstić information content (AvgIpc) is 3.44. The molecule has 2 aliphatic rings. The number of hydrogen-bond acceptors (Lipinski definition) is 12. The number of rotatable bonds is 26. The predicted molar refractivity (Wildman–Crippen MR) is 282 cm³/mol. The van der Waals surface area contributed by atoms with Gasteiger partial charge in [-0.1, -0.05) is 182 Å². The average molecular weight is 1010 g/mol. The van der Waals surface area contributed by atoms with E-state index in [9.17, 15) is 0 Å². The molecule has 13 heteroatoms. The number of methoxy groups -OCH3 is 1. The molecule has 0 spiro atoms. The van der Waals surface area contributed by atoms with E-state index in [1.165, 1.54) is 0 Å². The summed E-state index contributed by atoms with van der Waals surface area (Å²) in [7, 11) is 1.60. The van der Waals surface area contributed by atoms with Crippen LogP contribution < -0.4 is 0 Å². The molecule has 10 atom stereocenters. The first-order valence-corrected chi connectivity index (χ1v) is 25.7. The summed E-state index contributed by atoms with van der Waals surface area (Å²) in [5, 5.41) is 0.353. The second-order valence-corrected chi connectivity index (χ2v) is 18.3. The van der Waals surface area contributed by atoms with E-state index >= 15 is 0 Å². The Bertz CT molecular complexity index is 2440. The van der Waals surface area contributed by atoms with Gasteiger partial charge >= 0.3 is 0 Å². The third-order valence-electron chi connectivity index (χ3n) is 12.9. The third-order valence-corrected chi connectivity index (χ3v) is 13.3. The van der Waals surface area contributed by atoms with Crippen LogP contribution in [0.3, 0.4) is 0 Å². The summed E-state index contributed by atoms with van der Waals surface area (Å²) in [5.74, 6) is 0. The first-order chi connectivity index (χ1) is 36.0. The van der Waals surface area contributed by atoms with E-state index in [1.807, 2.05) is 201 Å². The van der Waals surface area contributed by atoms with Gasteiger partial charge in [-0.15, -0.1) is 0 Å². The Labute approximate surface area is 436 Å². The molecule has 73 heavy (non-hydrogen) atoms. The number of nitrogens with zero attached hydrogens (tertiary/aromatic N) is 1. The van der Waals surface area contributed by atoms with Crippen LogP contribution in [0.2, 0.25) is 0 Å². The van der Waals surface area contributed by atoms with Crippen LogP contribution >= 0.6 is 12.2 Å². The van der Waals surface area contributed by atoms with E-state index < -0.39 is 61.4 Å². The fourth-order valence-electron chi connectivity index (χ4n) is 9.01. The van der Waals surface area contributed by atoms with Gasteiger partial charge in [-0.25, -0.2) is 0 Å². The molecule has 0 amide bonds. The summed E-state index contributed by atoms with van der Waals surface area (Å²) < 4.78 is 75.8. The Morgan fingerprint density at radius 2 is 0.740 bits per heavy atom. The second-order valence-electron chi connectivity index (χ2n) is 18.0. The van der Waals surface area contributed by atoms with Gasteiger partial charge in [0, 0.05) is 20.2 Å². The van der Waals surface area contributed by atoms with Crippen molar-refractivity contribution in [3.05, 3.63) is 215 Å². The van der Waals surface area contributed by atoms with Crippen molar-refractivity contribution in [3.8, 4) is 0 Å². The van der Waals surface area contributed by atoms with Gasteiger partial charge < -0.3 is 57.0 Å². The SMILES string of the molecule is CCN(CC)C(=S)OC[C@H]1O[C@H](O[C@@H]2[C@@H](OCc3ccccc3)[C@@H](OC)O[C@H](COCc3ccccc3)[C@H]2OCc2ccccc2)[C@H](OCc2ccccc2)[C@@H](OCc2ccccc2)[C@@H]1OCc1ccccc1. The zero-order valence-corrected chi connectivity index (χ0v) is 42.8. The van der Waals surface area contributed by atoms with E-state index in [-0.39, 0.29) is 46.2 Å². The Balaban J connectivity index is 1.21. The summed E-state index contributed by atoms with van der Waals surface area (Å²) in [6.07, 6.45) is -8.47. The van der Waals surface area contributed by atoms with E-state index in [1.54, 1.807) is 7.11 Å². The first kappa shape index (κ1) is 53.9. The molecule has 8 rings (SSSR count). The summed E-state index contributed by atoms with van der Waals surface area (Å²) in [4.78, 5) is 1.98. The predicted octanol–water partition coefficient (Wildman–Crippen LogP) is 10.3. The lowest BCUT2D eigenvalue weighted by Gasteiger charge is -2.50. The lowest BCUT2D eigenvalue weighted by atomic mass is 9.95. The van der Waals surface area contributed by atoms with E-state index in [4.69, 9.17) is 64.3 Å². The molecular formula is C60H69NO11S. The molecule has 0 unspecified atom stereocenters. The van der Waals surface area contributed by atoms with Crippen LogP contribution in [0.5, 0.6) is 0 Å². The lowest BCUT2D eigenvalue weighted by molar-refractivity contribution is -0.376. The minimum absolute atomic E-state index is 0.0253. The molecule has 6 aromatic carbocycles. The van der Waals surface area contributed by atoms with Crippen molar-refractivity contribution < 1.29 is 52.1 Å². The monoisotopic (exact) mass is 1010 g/mol. The van der Waals surface area contributed by atoms with Gasteiger partial charge in [0.05, 0.1) is 46.2 Å². The normalized spacial score (nSPS) is 23.9. The molecule has 0 aliphatic carbocycles. The molecular weight excluding hydrogens is 943 g/mol. The molecule has 0 saturated carbocycles. The fourth-order valence-corrected chi connectivity index (χ4v) is 9.33. The molecule has 6 aromatic rings. The molecule has 2 saturated heterocycles. The summed E-state index contributed by atoms with van der Waals surface area (Å²) in [6, 6.07) is 60.1. The van der Waals surface area contributed by atoms with Crippen LogP contribution in [-0.4, -0.2) is 105 Å². The van der Waals surface area contributed by atoms with Gasteiger partial charge in [-0.2, -0.15) is 0 Å². The zero-order valence-electron chi connectivity index (χ0n) is 42.0. The maximum absolute atomic E-state index is 7.54. The van der Waals surface area contributed by atoms with Gasteiger partial charge in [-0.05, 0) is 59.4 Å². The Kier molecular flexibility index (Phi) is 21.3. The Hall–Kier alpha value is -5.39. The van der Waals surface area contributed by atoms with Crippen molar-refractivity contribution in [3.63, 3.8) is 0 Å². The van der Waals surface area contributed by atoms with Crippen LogP contribution in [-0.2, 0) is 91.7 Å². The molecule has 12 nitrogen and oxygen atoms in total. The summed E-state index contributed by atoms with van der Waals surface area (Å²) >= 11 is 5.87. The van der Waals surface area contributed by atoms with Crippen molar-refractivity contribution in [1.29, 1.82) is 0 Å². The van der Waals surface area contributed by atoms with Crippen molar-refractivity contribution in [2.75, 3.05) is 33.4 Å². The zero-order chi connectivity index (χ0) is 50.5. The van der Waals surface area contributed by atoms with Crippen LogP contribution in [0.4, 0.5) is 0 Å². The topological polar surface area (TPSA) is 105 Å². The highest BCUT2D eigenvalue weighted by molar-refractivity contribution is 7.80. The maximum Gasteiger partial charge on any atom is 0.259 e. The largest absolute Gasteiger partial charge is 0.468 e. The highest BCUT2D eigenvalue weighted by Gasteiger charge is 2.55. The van der Waals surface area contributed by atoms with Gasteiger partial charge in [0.25, 0.3) is 5.17 Å². The van der Waals surface area contributed by atoms with Crippen molar-refractivity contribution in [2.24, 2.45) is 0 Å². The molecule has 386 valence electrons. The molecule has 0 aromatic heterocycles. The van der Waals surface area contributed by atoms with E-state index in [0.717, 1.165) is 33.4 Å².